The quantitative estimate of drug-likeness (QED) is 0.869. The zero-order valence-corrected chi connectivity index (χ0v) is 13.6. The standard InChI is InChI=1S/C14H19N5O3S/c1-19-9-14(17-10-19)23(20,21)18-11-2-4-12(5-3-11)22-13-8-15-6-7-16-13/h6-12,18H,2-5H2,1H3. The van der Waals surface area contributed by atoms with Crippen LogP contribution in [0.1, 0.15) is 25.7 Å². The van der Waals surface area contributed by atoms with Crippen LogP contribution in [0.25, 0.3) is 0 Å². The molecule has 0 atom stereocenters. The van der Waals surface area contributed by atoms with Crippen molar-refractivity contribution >= 4 is 10.0 Å². The largest absolute Gasteiger partial charge is 0.473 e. The van der Waals surface area contributed by atoms with Crippen LogP contribution in [0.5, 0.6) is 5.88 Å². The first-order chi connectivity index (χ1) is 11.0. The predicted octanol–water partition coefficient (Wildman–Crippen LogP) is 0.879. The topological polar surface area (TPSA) is 99.0 Å². The van der Waals surface area contributed by atoms with Gasteiger partial charge < -0.3 is 9.30 Å². The zero-order chi connectivity index (χ0) is 16.3. The van der Waals surface area contributed by atoms with Gasteiger partial charge in [0.15, 0.2) is 5.03 Å². The number of nitrogens with zero attached hydrogens (tertiary/aromatic N) is 4. The number of hydrogen-bond donors (Lipinski definition) is 1. The van der Waals surface area contributed by atoms with Crippen LogP contribution in [-0.4, -0.2) is 40.1 Å². The van der Waals surface area contributed by atoms with Crippen molar-refractivity contribution < 1.29 is 13.2 Å². The van der Waals surface area contributed by atoms with Crippen molar-refractivity contribution in [3.05, 3.63) is 31.1 Å². The molecule has 0 bridgehead atoms. The summed E-state index contributed by atoms with van der Waals surface area (Å²) in [4.78, 5) is 11.9. The molecule has 8 nitrogen and oxygen atoms in total. The molecule has 2 aromatic rings. The van der Waals surface area contributed by atoms with Crippen LogP contribution >= 0.6 is 0 Å². The molecule has 1 aliphatic carbocycles. The minimum absolute atomic E-state index is 0.0438. The van der Waals surface area contributed by atoms with Gasteiger partial charge >= 0.3 is 0 Å². The molecule has 0 radical (unpaired) electrons. The van der Waals surface area contributed by atoms with E-state index in [0.717, 1.165) is 25.7 Å². The molecule has 9 heteroatoms. The smallest absolute Gasteiger partial charge is 0.259 e. The van der Waals surface area contributed by atoms with Gasteiger partial charge in [0.2, 0.25) is 5.88 Å². The normalized spacial score (nSPS) is 22.0. The Bertz CT molecular complexity index is 739. The van der Waals surface area contributed by atoms with Crippen LogP contribution in [0.2, 0.25) is 0 Å². The fourth-order valence-electron chi connectivity index (χ4n) is 2.62. The molecule has 23 heavy (non-hydrogen) atoms. The van der Waals surface area contributed by atoms with E-state index in [9.17, 15) is 8.42 Å². The first-order valence-electron chi connectivity index (χ1n) is 7.46. The van der Waals surface area contributed by atoms with Crippen LogP contribution in [0, 0.1) is 0 Å². The fraction of sp³-hybridized carbons (Fsp3) is 0.500. The number of aromatic nitrogens is 4. The molecular weight excluding hydrogens is 318 g/mol. The summed E-state index contributed by atoms with van der Waals surface area (Å²) in [7, 11) is -1.82. The van der Waals surface area contributed by atoms with Crippen LogP contribution in [0.4, 0.5) is 0 Å². The second kappa shape index (κ2) is 6.63. The number of sulfonamides is 1. The third-order valence-corrected chi connectivity index (χ3v) is 5.18. The molecule has 0 aliphatic heterocycles. The second-order valence-electron chi connectivity index (χ2n) is 5.63. The lowest BCUT2D eigenvalue weighted by Crippen LogP contribution is -2.39. The van der Waals surface area contributed by atoms with Crippen molar-refractivity contribution in [2.24, 2.45) is 7.05 Å². The van der Waals surface area contributed by atoms with Crippen LogP contribution in [-0.2, 0) is 17.1 Å². The highest BCUT2D eigenvalue weighted by atomic mass is 32.2. The SMILES string of the molecule is Cn1cnc(S(=O)(=O)NC2CCC(Oc3cnccn3)CC2)c1. The van der Waals surface area contributed by atoms with Gasteiger partial charge in [0, 0.05) is 31.7 Å². The first-order valence-corrected chi connectivity index (χ1v) is 8.94. The summed E-state index contributed by atoms with van der Waals surface area (Å²) in [5.74, 6) is 0.505. The molecule has 2 aromatic heterocycles. The maximum absolute atomic E-state index is 12.2. The number of rotatable bonds is 5. The monoisotopic (exact) mass is 337 g/mol. The van der Waals surface area contributed by atoms with Crippen molar-refractivity contribution in [1.29, 1.82) is 0 Å². The average Bonchev–Trinajstić information content (AvgIpc) is 2.98. The van der Waals surface area contributed by atoms with E-state index in [0.29, 0.717) is 5.88 Å². The van der Waals surface area contributed by atoms with Gasteiger partial charge in [-0.2, -0.15) is 0 Å². The third kappa shape index (κ3) is 4.05. The first kappa shape index (κ1) is 15.9. The summed E-state index contributed by atoms with van der Waals surface area (Å²) in [6, 6.07) is -0.0938. The highest BCUT2D eigenvalue weighted by molar-refractivity contribution is 7.89. The number of ether oxygens (including phenoxy) is 1. The Morgan fingerprint density at radius 3 is 2.61 bits per heavy atom. The predicted molar refractivity (Wildman–Crippen MR) is 82.2 cm³/mol. The summed E-state index contributed by atoms with van der Waals surface area (Å²) >= 11 is 0. The molecule has 3 rings (SSSR count). The van der Waals surface area contributed by atoms with Crippen LogP contribution in [0.15, 0.2) is 36.1 Å². The lowest BCUT2D eigenvalue weighted by atomic mass is 9.94. The van der Waals surface area contributed by atoms with Gasteiger partial charge in [0.05, 0.1) is 12.5 Å². The van der Waals surface area contributed by atoms with Crippen molar-refractivity contribution in [3.63, 3.8) is 0 Å². The van der Waals surface area contributed by atoms with Gasteiger partial charge in [-0.15, -0.1) is 0 Å². The van der Waals surface area contributed by atoms with E-state index in [4.69, 9.17) is 4.74 Å². The molecule has 1 N–H and O–H groups in total. The number of nitrogens with one attached hydrogen (secondary N) is 1. The van der Waals surface area contributed by atoms with E-state index in [2.05, 4.69) is 19.7 Å². The zero-order valence-electron chi connectivity index (χ0n) is 12.8. The number of aryl methyl sites for hydroxylation is 1. The van der Waals surface area contributed by atoms with Crippen molar-refractivity contribution in [1.82, 2.24) is 24.2 Å². The highest BCUT2D eigenvalue weighted by Crippen LogP contribution is 2.23. The van der Waals surface area contributed by atoms with Crippen molar-refractivity contribution in [2.75, 3.05) is 0 Å². The lowest BCUT2D eigenvalue weighted by molar-refractivity contribution is 0.138. The number of imidazole rings is 1. The molecule has 0 saturated heterocycles. The molecule has 1 saturated carbocycles. The minimum atomic E-state index is -3.56. The summed E-state index contributed by atoms with van der Waals surface area (Å²) in [6.07, 6.45) is 10.7. The van der Waals surface area contributed by atoms with Crippen molar-refractivity contribution in [3.8, 4) is 5.88 Å². The molecule has 0 spiro atoms. The summed E-state index contributed by atoms with van der Waals surface area (Å²) < 4.78 is 34.6. The Labute approximate surface area is 135 Å². The molecule has 0 aromatic carbocycles. The van der Waals surface area contributed by atoms with E-state index in [1.54, 1.807) is 30.2 Å². The summed E-state index contributed by atoms with van der Waals surface area (Å²) in [6.45, 7) is 0. The van der Waals surface area contributed by atoms with Gasteiger partial charge in [-0.1, -0.05) is 0 Å². The van der Waals surface area contributed by atoms with E-state index in [1.807, 2.05) is 0 Å². The van der Waals surface area contributed by atoms with E-state index in [1.165, 1.54) is 12.5 Å². The number of hydrogen-bond acceptors (Lipinski definition) is 6. The van der Waals surface area contributed by atoms with E-state index in [-0.39, 0.29) is 17.2 Å². The van der Waals surface area contributed by atoms with Crippen LogP contribution in [0.3, 0.4) is 0 Å². The van der Waals surface area contributed by atoms with Gasteiger partial charge in [-0.05, 0) is 25.7 Å². The highest BCUT2D eigenvalue weighted by Gasteiger charge is 2.27. The van der Waals surface area contributed by atoms with Gasteiger partial charge in [0.1, 0.15) is 6.10 Å². The Balaban J connectivity index is 1.53. The molecule has 2 heterocycles. The summed E-state index contributed by atoms with van der Waals surface area (Å²) in [5.41, 5.74) is 0. The van der Waals surface area contributed by atoms with Crippen molar-refractivity contribution in [2.45, 2.75) is 42.9 Å². The molecule has 0 amide bonds. The second-order valence-corrected chi connectivity index (χ2v) is 7.29. The van der Waals surface area contributed by atoms with Crippen LogP contribution < -0.4 is 9.46 Å². The van der Waals surface area contributed by atoms with Gasteiger partial charge in [-0.25, -0.2) is 23.1 Å². The minimum Gasteiger partial charge on any atom is -0.473 e. The molecule has 124 valence electrons. The summed E-state index contributed by atoms with van der Waals surface area (Å²) in [5, 5.41) is 0.0536. The Morgan fingerprint density at radius 2 is 2.00 bits per heavy atom. The van der Waals surface area contributed by atoms with E-state index >= 15 is 0 Å². The Kier molecular flexibility index (Phi) is 4.58. The Hall–Kier alpha value is -2.00. The third-order valence-electron chi connectivity index (χ3n) is 3.78. The molecule has 1 fully saturated rings. The molecule has 0 unspecified atom stereocenters. The van der Waals surface area contributed by atoms with E-state index < -0.39 is 10.0 Å². The van der Waals surface area contributed by atoms with Gasteiger partial charge in [0.25, 0.3) is 10.0 Å². The maximum atomic E-state index is 12.2. The Morgan fingerprint density at radius 1 is 1.22 bits per heavy atom. The lowest BCUT2D eigenvalue weighted by Gasteiger charge is -2.28. The van der Waals surface area contributed by atoms with Gasteiger partial charge in [-0.3, -0.25) is 4.98 Å². The molecule has 1 aliphatic rings. The maximum Gasteiger partial charge on any atom is 0.259 e. The average molecular weight is 337 g/mol. The fourth-order valence-corrected chi connectivity index (χ4v) is 3.91. The molecular formula is C14H19N5O3S.